The van der Waals surface area contributed by atoms with E-state index in [4.69, 9.17) is 4.74 Å². The second-order valence-electron chi connectivity index (χ2n) is 6.21. The molecule has 1 aliphatic rings. The molecular formula is C21H26N4O2. The second-order valence-corrected chi connectivity index (χ2v) is 6.21. The molecule has 6 heteroatoms. The van der Waals surface area contributed by atoms with E-state index in [1.807, 2.05) is 60.4 Å². The number of guanidine groups is 1. The predicted molar refractivity (Wildman–Crippen MR) is 108 cm³/mol. The van der Waals surface area contributed by atoms with Crippen molar-refractivity contribution in [3.8, 4) is 5.75 Å². The van der Waals surface area contributed by atoms with Crippen molar-refractivity contribution in [2.75, 3.05) is 37.7 Å². The summed E-state index contributed by atoms with van der Waals surface area (Å²) in [5.41, 5.74) is 2.23. The molecule has 1 amide bonds. The van der Waals surface area contributed by atoms with Crippen LogP contribution in [0.2, 0.25) is 0 Å². The van der Waals surface area contributed by atoms with Crippen molar-refractivity contribution in [2.24, 2.45) is 4.99 Å². The Bertz CT molecular complexity index is 777. The van der Waals surface area contributed by atoms with Gasteiger partial charge in [-0.1, -0.05) is 36.4 Å². The molecular weight excluding hydrogens is 340 g/mol. The molecule has 0 radical (unpaired) electrons. The molecule has 0 fully saturated rings. The maximum absolute atomic E-state index is 12.6. The zero-order valence-corrected chi connectivity index (χ0v) is 15.6. The number of ether oxygens (including phenoxy) is 1. The maximum Gasteiger partial charge on any atom is 0.248 e. The van der Waals surface area contributed by atoms with Gasteiger partial charge < -0.3 is 20.3 Å². The zero-order chi connectivity index (χ0) is 18.9. The van der Waals surface area contributed by atoms with Gasteiger partial charge in [0.2, 0.25) is 5.91 Å². The first-order valence-corrected chi connectivity index (χ1v) is 9.36. The van der Waals surface area contributed by atoms with Crippen molar-refractivity contribution >= 4 is 17.6 Å². The number of carbonyl (C=O) groups is 1. The van der Waals surface area contributed by atoms with Crippen LogP contribution in [0.3, 0.4) is 0 Å². The van der Waals surface area contributed by atoms with Gasteiger partial charge >= 0.3 is 0 Å². The Morgan fingerprint density at radius 1 is 1.11 bits per heavy atom. The van der Waals surface area contributed by atoms with E-state index in [1.165, 1.54) is 5.56 Å². The molecule has 2 aromatic carbocycles. The average Bonchev–Trinajstić information content (AvgIpc) is 3.14. The summed E-state index contributed by atoms with van der Waals surface area (Å²) in [5.74, 6) is 1.47. The molecule has 142 valence electrons. The monoisotopic (exact) mass is 366 g/mol. The first-order valence-electron chi connectivity index (χ1n) is 9.36. The van der Waals surface area contributed by atoms with Crippen LogP contribution in [0, 0.1) is 0 Å². The van der Waals surface area contributed by atoms with E-state index in [-0.39, 0.29) is 12.5 Å². The summed E-state index contributed by atoms with van der Waals surface area (Å²) >= 11 is 0. The Hall–Kier alpha value is -3.02. The van der Waals surface area contributed by atoms with Crippen molar-refractivity contribution in [1.29, 1.82) is 0 Å². The third-order valence-corrected chi connectivity index (χ3v) is 4.31. The number of amides is 1. The van der Waals surface area contributed by atoms with Crippen LogP contribution in [-0.4, -0.2) is 44.7 Å². The molecule has 0 bridgehead atoms. The summed E-state index contributed by atoms with van der Waals surface area (Å²) in [6.07, 6.45) is 0.904. The Labute approximate surface area is 160 Å². The fourth-order valence-electron chi connectivity index (χ4n) is 3.03. The van der Waals surface area contributed by atoms with Gasteiger partial charge in [-0.3, -0.25) is 4.79 Å². The van der Waals surface area contributed by atoms with E-state index in [0.717, 1.165) is 30.9 Å². The lowest BCUT2D eigenvalue weighted by Crippen LogP contribution is -2.40. The van der Waals surface area contributed by atoms with Gasteiger partial charge in [-0.05, 0) is 37.1 Å². The molecule has 3 rings (SSSR count). The number of benzene rings is 2. The van der Waals surface area contributed by atoms with Crippen LogP contribution in [0.1, 0.15) is 12.5 Å². The van der Waals surface area contributed by atoms with E-state index in [9.17, 15) is 4.79 Å². The SMILES string of the molecule is CCNC(=NCC(=O)N1CCc2ccccc21)NCCOc1ccccc1. The molecule has 2 N–H and O–H groups in total. The topological polar surface area (TPSA) is 66.0 Å². The van der Waals surface area contributed by atoms with Crippen molar-refractivity contribution in [2.45, 2.75) is 13.3 Å². The van der Waals surface area contributed by atoms with E-state index in [1.54, 1.807) is 0 Å². The van der Waals surface area contributed by atoms with Crippen LogP contribution in [0.25, 0.3) is 0 Å². The molecule has 0 unspecified atom stereocenters. The van der Waals surface area contributed by atoms with Crippen LogP contribution in [0.15, 0.2) is 59.6 Å². The van der Waals surface area contributed by atoms with Crippen molar-refractivity contribution in [1.82, 2.24) is 10.6 Å². The third-order valence-electron chi connectivity index (χ3n) is 4.31. The molecule has 0 aromatic heterocycles. The van der Waals surface area contributed by atoms with Gasteiger partial charge in [-0.25, -0.2) is 4.99 Å². The lowest BCUT2D eigenvalue weighted by Gasteiger charge is -2.17. The standard InChI is InChI=1S/C21H26N4O2/c1-2-22-21(23-13-15-27-18-9-4-3-5-10-18)24-16-20(26)25-14-12-17-8-6-7-11-19(17)25/h3-11H,2,12-16H2,1H3,(H2,22,23,24). The first kappa shape index (κ1) is 18.8. The number of nitrogens with one attached hydrogen (secondary N) is 2. The first-order chi connectivity index (χ1) is 13.3. The number of para-hydroxylation sites is 2. The molecule has 27 heavy (non-hydrogen) atoms. The summed E-state index contributed by atoms with van der Waals surface area (Å²) in [5, 5.41) is 6.36. The van der Waals surface area contributed by atoms with Gasteiger partial charge in [0.25, 0.3) is 0 Å². The quantitative estimate of drug-likeness (QED) is 0.448. The largest absolute Gasteiger partial charge is 0.492 e. The van der Waals surface area contributed by atoms with Gasteiger partial charge in [0.15, 0.2) is 5.96 Å². The van der Waals surface area contributed by atoms with E-state index < -0.39 is 0 Å². The highest BCUT2D eigenvalue weighted by atomic mass is 16.5. The van der Waals surface area contributed by atoms with Crippen molar-refractivity contribution in [3.05, 3.63) is 60.2 Å². The van der Waals surface area contributed by atoms with Gasteiger partial charge in [-0.2, -0.15) is 0 Å². The summed E-state index contributed by atoms with van der Waals surface area (Å²) in [6.45, 7) is 4.68. The van der Waals surface area contributed by atoms with Crippen LogP contribution in [0.4, 0.5) is 5.69 Å². The van der Waals surface area contributed by atoms with Gasteiger partial charge in [-0.15, -0.1) is 0 Å². The third kappa shape index (κ3) is 5.23. The summed E-state index contributed by atoms with van der Waals surface area (Å²) in [4.78, 5) is 18.8. The second kappa shape index (κ2) is 9.62. The number of nitrogens with zero attached hydrogens (tertiary/aromatic N) is 2. The minimum Gasteiger partial charge on any atom is -0.492 e. The predicted octanol–water partition coefficient (Wildman–Crippen LogP) is 2.21. The fraction of sp³-hybridized carbons (Fsp3) is 0.333. The number of anilines is 1. The molecule has 6 nitrogen and oxygen atoms in total. The molecule has 0 spiro atoms. The molecule has 0 saturated carbocycles. The molecule has 0 saturated heterocycles. The number of hydrogen-bond acceptors (Lipinski definition) is 3. The summed E-state index contributed by atoms with van der Waals surface area (Å²) in [6, 6.07) is 17.7. The Morgan fingerprint density at radius 2 is 1.89 bits per heavy atom. The maximum atomic E-state index is 12.6. The van der Waals surface area contributed by atoms with Crippen LogP contribution in [-0.2, 0) is 11.2 Å². The number of fused-ring (bicyclic) bond motifs is 1. The minimum atomic E-state index is 0.0117. The highest BCUT2D eigenvalue weighted by molar-refractivity contribution is 5.98. The van der Waals surface area contributed by atoms with Crippen molar-refractivity contribution < 1.29 is 9.53 Å². The molecule has 1 heterocycles. The normalized spacial score (nSPS) is 13.2. The molecule has 0 aliphatic carbocycles. The van der Waals surface area contributed by atoms with Gasteiger partial charge in [0, 0.05) is 18.8 Å². The van der Waals surface area contributed by atoms with Crippen LogP contribution < -0.4 is 20.3 Å². The number of carbonyl (C=O) groups excluding carboxylic acids is 1. The molecule has 1 aliphatic heterocycles. The summed E-state index contributed by atoms with van der Waals surface area (Å²) < 4.78 is 5.66. The Balaban J connectivity index is 1.49. The fourth-order valence-corrected chi connectivity index (χ4v) is 3.03. The van der Waals surface area contributed by atoms with Crippen LogP contribution in [0.5, 0.6) is 5.75 Å². The lowest BCUT2D eigenvalue weighted by molar-refractivity contribution is -0.117. The number of rotatable bonds is 7. The van der Waals surface area contributed by atoms with E-state index in [0.29, 0.717) is 19.1 Å². The number of hydrogen-bond donors (Lipinski definition) is 2. The Morgan fingerprint density at radius 3 is 2.70 bits per heavy atom. The Kier molecular flexibility index (Phi) is 6.68. The highest BCUT2D eigenvalue weighted by Crippen LogP contribution is 2.27. The van der Waals surface area contributed by atoms with E-state index >= 15 is 0 Å². The summed E-state index contributed by atoms with van der Waals surface area (Å²) in [7, 11) is 0. The van der Waals surface area contributed by atoms with Crippen molar-refractivity contribution in [3.63, 3.8) is 0 Å². The average molecular weight is 366 g/mol. The molecule has 2 aromatic rings. The van der Waals surface area contributed by atoms with Gasteiger partial charge in [0.05, 0.1) is 6.54 Å². The van der Waals surface area contributed by atoms with Gasteiger partial charge in [0.1, 0.15) is 18.9 Å². The van der Waals surface area contributed by atoms with E-state index in [2.05, 4.69) is 21.7 Å². The molecule has 0 atom stereocenters. The highest BCUT2D eigenvalue weighted by Gasteiger charge is 2.23. The zero-order valence-electron chi connectivity index (χ0n) is 15.6. The number of aliphatic imine (C=N–C) groups is 1. The smallest absolute Gasteiger partial charge is 0.248 e. The van der Waals surface area contributed by atoms with Crippen LogP contribution >= 0.6 is 0 Å². The minimum absolute atomic E-state index is 0.0117. The lowest BCUT2D eigenvalue weighted by atomic mass is 10.2.